The van der Waals surface area contributed by atoms with Crippen molar-refractivity contribution in [3.05, 3.63) is 35.9 Å². The van der Waals surface area contributed by atoms with Crippen molar-refractivity contribution < 1.29 is 4.79 Å². The van der Waals surface area contributed by atoms with E-state index in [1.54, 1.807) is 4.90 Å². The summed E-state index contributed by atoms with van der Waals surface area (Å²) >= 11 is 5.52. The fourth-order valence-corrected chi connectivity index (χ4v) is 3.75. The van der Waals surface area contributed by atoms with E-state index in [0.29, 0.717) is 11.7 Å². The number of rotatable bonds is 5. The minimum Gasteiger partial charge on any atom is -0.358 e. The van der Waals surface area contributed by atoms with Crippen LogP contribution < -0.4 is 16.4 Å². The van der Waals surface area contributed by atoms with Crippen LogP contribution in [0.1, 0.15) is 52.0 Å². The normalized spacial score (nSPS) is 21.2. The second-order valence-electron chi connectivity index (χ2n) is 8.65. The van der Waals surface area contributed by atoms with Gasteiger partial charge in [-0.3, -0.25) is 4.79 Å². The van der Waals surface area contributed by atoms with Gasteiger partial charge in [-0.05, 0) is 36.0 Å². The van der Waals surface area contributed by atoms with Gasteiger partial charge in [0.15, 0.2) is 5.11 Å². The number of carbonyl (C=O) groups is 1. The summed E-state index contributed by atoms with van der Waals surface area (Å²) in [4.78, 5) is 14.9. The molecule has 1 aliphatic carbocycles. The fourth-order valence-electron chi connectivity index (χ4n) is 3.48. The van der Waals surface area contributed by atoms with E-state index < -0.39 is 6.04 Å². The molecule has 0 heterocycles. The molecule has 27 heavy (non-hydrogen) atoms. The lowest BCUT2D eigenvalue weighted by Gasteiger charge is -2.36. The first kappa shape index (κ1) is 21.6. The Bertz CT molecular complexity index is 629. The van der Waals surface area contributed by atoms with E-state index in [9.17, 15) is 4.79 Å². The van der Waals surface area contributed by atoms with E-state index in [0.717, 1.165) is 24.8 Å². The Morgan fingerprint density at radius 1 is 1.26 bits per heavy atom. The molecule has 1 fully saturated rings. The number of nitrogens with two attached hydrogens (primary N) is 1. The van der Waals surface area contributed by atoms with E-state index >= 15 is 0 Å². The number of carbonyl (C=O) groups excluding carboxylic acids is 1. The van der Waals surface area contributed by atoms with Gasteiger partial charge in [-0.1, -0.05) is 63.9 Å². The van der Waals surface area contributed by atoms with Crippen molar-refractivity contribution in [1.29, 1.82) is 0 Å². The molecule has 0 aliphatic heterocycles. The Hall–Kier alpha value is -1.66. The van der Waals surface area contributed by atoms with Gasteiger partial charge in [-0.25, -0.2) is 0 Å². The van der Waals surface area contributed by atoms with Gasteiger partial charge in [0.2, 0.25) is 5.91 Å². The summed E-state index contributed by atoms with van der Waals surface area (Å²) in [6.45, 7) is 6.72. The van der Waals surface area contributed by atoms with Gasteiger partial charge in [0, 0.05) is 25.7 Å². The van der Waals surface area contributed by atoms with E-state index in [2.05, 4.69) is 10.6 Å². The molecular weight excluding hydrogens is 356 g/mol. The standard InChI is InChI=1S/C21H34N4OS/c1-21(2,3)18(19(26)25(4)14-15-10-6-5-7-11-15)24-20(27)23-17-13-9-8-12-16(17)22/h5-7,10-11,16-18H,8-9,12-14,22H2,1-4H3,(H2,23,24,27)/t16-,17-,18?/m0/s1. The smallest absolute Gasteiger partial charge is 0.245 e. The van der Waals surface area contributed by atoms with Crippen LogP contribution in [-0.2, 0) is 11.3 Å². The molecule has 1 aromatic carbocycles. The van der Waals surface area contributed by atoms with Crippen LogP contribution in [0.25, 0.3) is 0 Å². The van der Waals surface area contributed by atoms with Crippen LogP contribution >= 0.6 is 12.2 Å². The third-order valence-corrected chi connectivity index (χ3v) is 5.40. The van der Waals surface area contributed by atoms with Crippen molar-refractivity contribution in [2.24, 2.45) is 11.1 Å². The minimum atomic E-state index is -0.411. The van der Waals surface area contributed by atoms with Crippen molar-refractivity contribution >= 4 is 23.2 Å². The summed E-state index contributed by atoms with van der Waals surface area (Å²) in [5, 5.41) is 7.12. The molecule has 0 aromatic heterocycles. The highest BCUT2D eigenvalue weighted by molar-refractivity contribution is 7.80. The Morgan fingerprint density at radius 3 is 2.48 bits per heavy atom. The quantitative estimate of drug-likeness (QED) is 0.675. The molecule has 3 atom stereocenters. The van der Waals surface area contributed by atoms with E-state index in [4.69, 9.17) is 18.0 Å². The molecule has 1 saturated carbocycles. The summed E-state index contributed by atoms with van der Waals surface area (Å²) < 4.78 is 0. The molecule has 0 bridgehead atoms. The highest BCUT2D eigenvalue weighted by Crippen LogP contribution is 2.22. The molecule has 2 rings (SSSR count). The lowest BCUT2D eigenvalue weighted by Crippen LogP contribution is -2.59. The summed E-state index contributed by atoms with van der Waals surface area (Å²) in [5.74, 6) is 0.0310. The number of hydrogen-bond donors (Lipinski definition) is 3. The van der Waals surface area contributed by atoms with E-state index in [1.165, 1.54) is 6.42 Å². The number of nitrogens with zero attached hydrogens (tertiary/aromatic N) is 1. The van der Waals surface area contributed by atoms with Crippen molar-refractivity contribution in [2.45, 2.75) is 71.1 Å². The molecule has 150 valence electrons. The molecule has 6 heteroatoms. The molecule has 0 radical (unpaired) electrons. The average Bonchev–Trinajstić information content (AvgIpc) is 2.61. The number of nitrogens with one attached hydrogen (secondary N) is 2. The van der Waals surface area contributed by atoms with Crippen molar-refractivity contribution in [2.75, 3.05) is 7.05 Å². The molecule has 0 saturated heterocycles. The zero-order valence-corrected chi connectivity index (χ0v) is 17.8. The van der Waals surface area contributed by atoms with Gasteiger partial charge in [0.05, 0.1) is 0 Å². The first-order chi connectivity index (χ1) is 12.7. The zero-order chi connectivity index (χ0) is 20.0. The Morgan fingerprint density at radius 2 is 1.89 bits per heavy atom. The maximum atomic E-state index is 13.1. The van der Waals surface area contributed by atoms with Gasteiger partial charge in [0.1, 0.15) is 6.04 Å². The molecule has 0 spiro atoms. The SMILES string of the molecule is CN(Cc1ccccc1)C(=O)C(NC(=S)N[C@H]1CCCC[C@@H]1N)C(C)(C)C. The minimum absolute atomic E-state index is 0.0310. The van der Waals surface area contributed by atoms with Gasteiger partial charge in [-0.15, -0.1) is 0 Å². The van der Waals surface area contributed by atoms with Crippen LogP contribution in [0.15, 0.2) is 30.3 Å². The summed E-state index contributed by atoms with van der Waals surface area (Å²) in [7, 11) is 1.84. The predicted octanol–water partition coefficient (Wildman–Crippen LogP) is 2.79. The highest BCUT2D eigenvalue weighted by atomic mass is 32.1. The Kier molecular flexibility index (Phi) is 7.62. The van der Waals surface area contributed by atoms with E-state index in [1.807, 2.05) is 58.2 Å². The molecule has 1 amide bonds. The molecular formula is C21H34N4OS. The number of benzene rings is 1. The summed E-state index contributed by atoms with van der Waals surface area (Å²) in [6, 6.07) is 9.88. The second kappa shape index (κ2) is 9.51. The lowest BCUT2D eigenvalue weighted by atomic mass is 9.85. The van der Waals surface area contributed by atoms with Crippen LogP contribution in [0, 0.1) is 5.41 Å². The maximum absolute atomic E-state index is 13.1. The number of thiocarbonyl (C=S) groups is 1. The molecule has 1 unspecified atom stereocenters. The number of amides is 1. The Balaban J connectivity index is 2.01. The average molecular weight is 391 g/mol. The highest BCUT2D eigenvalue weighted by Gasteiger charge is 2.34. The third-order valence-electron chi connectivity index (χ3n) is 5.16. The monoisotopic (exact) mass is 390 g/mol. The predicted molar refractivity (Wildman–Crippen MR) is 115 cm³/mol. The van der Waals surface area contributed by atoms with Crippen molar-refractivity contribution in [1.82, 2.24) is 15.5 Å². The molecule has 1 aliphatic rings. The van der Waals surface area contributed by atoms with Gasteiger partial charge in [-0.2, -0.15) is 0 Å². The summed E-state index contributed by atoms with van der Waals surface area (Å²) in [6.07, 6.45) is 4.37. The molecule has 5 nitrogen and oxygen atoms in total. The molecule has 4 N–H and O–H groups in total. The van der Waals surface area contributed by atoms with Crippen molar-refractivity contribution in [3.8, 4) is 0 Å². The second-order valence-corrected chi connectivity index (χ2v) is 9.06. The largest absolute Gasteiger partial charge is 0.358 e. The van der Waals surface area contributed by atoms with Crippen LogP contribution in [0.4, 0.5) is 0 Å². The Labute approximate surface area is 169 Å². The van der Waals surface area contributed by atoms with Gasteiger partial charge >= 0.3 is 0 Å². The fraction of sp³-hybridized carbons (Fsp3) is 0.619. The first-order valence-corrected chi connectivity index (χ1v) is 10.2. The summed E-state index contributed by atoms with van der Waals surface area (Å²) in [5.41, 5.74) is 7.04. The van der Waals surface area contributed by atoms with Gasteiger partial charge in [0.25, 0.3) is 0 Å². The van der Waals surface area contributed by atoms with Gasteiger partial charge < -0.3 is 21.3 Å². The van der Waals surface area contributed by atoms with E-state index in [-0.39, 0.29) is 23.4 Å². The maximum Gasteiger partial charge on any atom is 0.245 e. The van der Waals surface area contributed by atoms with Crippen LogP contribution in [0.5, 0.6) is 0 Å². The lowest BCUT2D eigenvalue weighted by molar-refractivity contribution is -0.134. The molecule has 1 aromatic rings. The zero-order valence-electron chi connectivity index (χ0n) is 17.0. The first-order valence-electron chi connectivity index (χ1n) is 9.80. The third kappa shape index (κ3) is 6.47. The van der Waals surface area contributed by atoms with Crippen LogP contribution in [-0.4, -0.2) is 41.1 Å². The van der Waals surface area contributed by atoms with Crippen LogP contribution in [0.3, 0.4) is 0 Å². The van der Waals surface area contributed by atoms with Crippen LogP contribution in [0.2, 0.25) is 0 Å². The topological polar surface area (TPSA) is 70.4 Å². The van der Waals surface area contributed by atoms with Crippen molar-refractivity contribution in [3.63, 3.8) is 0 Å². The number of likely N-dealkylation sites (N-methyl/N-ethyl adjacent to an activating group) is 1. The number of hydrogen-bond acceptors (Lipinski definition) is 3.